The van der Waals surface area contributed by atoms with Gasteiger partial charge >= 0.3 is 0 Å². The van der Waals surface area contributed by atoms with Crippen LogP contribution in [-0.4, -0.2) is 25.7 Å². The van der Waals surface area contributed by atoms with Crippen molar-refractivity contribution >= 4 is 22.3 Å². The molecule has 126 valence electrons. The van der Waals surface area contributed by atoms with Crippen molar-refractivity contribution in [2.75, 3.05) is 31.8 Å². The number of methoxy groups -OCH3 is 2. The summed E-state index contributed by atoms with van der Waals surface area (Å²) in [7, 11) is 3.05. The lowest BCUT2D eigenvalue weighted by Gasteiger charge is -2.12. The van der Waals surface area contributed by atoms with Gasteiger partial charge in [-0.05, 0) is 30.2 Å². The van der Waals surface area contributed by atoms with Gasteiger partial charge in [0.25, 0.3) is 0 Å². The first-order chi connectivity index (χ1) is 11.7. The third kappa shape index (κ3) is 2.82. The first-order valence-corrected chi connectivity index (χ1v) is 7.64. The van der Waals surface area contributed by atoms with Crippen LogP contribution in [0.3, 0.4) is 0 Å². The largest absolute Gasteiger partial charge is 0.495 e. The number of rotatable bonds is 6. The maximum Gasteiger partial charge on any atom is 0.190 e. The standard InChI is InChI=1S/C18H20FN3O2/c1-23-15-5-3-4-12-11(10-22-17(12)15)8-9-21-14-7-6-13(20)18(24-2)16(14)19/h3-7,10,21-22H,8-9,20H2,1-2H3. The number of ether oxygens (including phenoxy) is 2. The Labute approximate surface area is 139 Å². The minimum Gasteiger partial charge on any atom is -0.495 e. The van der Waals surface area contributed by atoms with Crippen molar-refractivity contribution in [2.45, 2.75) is 6.42 Å². The molecule has 2 aromatic carbocycles. The van der Waals surface area contributed by atoms with Crippen molar-refractivity contribution in [1.82, 2.24) is 4.98 Å². The molecule has 0 amide bonds. The molecule has 0 atom stereocenters. The second-order valence-electron chi connectivity index (χ2n) is 5.42. The van der Waals surface area contributed by atoms with E-state index < -0.39 is 5.82 Å². The zero-order valence-electron chi connectivity index (χ0n) is 13.7. The molecule has 0 aliphatic carbocycles. The van der Waals surface area contributed by atoms with Crippen LogP contribution in [0.25, 0.3) is 10.9 Å². The number of hydrogen-bond acceptors (Lipinski definition) is 4. The minimum atomic E-state index is -0.474. The van der Waals surface area contributed by atoms with Gasteiger partial charge in [-0.25, -0.2) is 4.39 Å². The predicted octanol–water partition coefficient (Wildman–Crippen LogP) is 3.56. The molecule has 1 aromatic heterocycles. The number of nitrogens with one attached hydrogen (secondary N) is 2. The highest BCUT2D eigenvalue weighted by molar-refractivity contribution is 5.88. The molecule has 5 nitrogen and oxygen atoms in total. The van der Waals surface area contributed by atoms with E-state index in [1.807, 2.05) is 24.4 Å². The summed E-state index contributed by atoms with van der Waals surface area (Å²) in [4.78, 5) is 3.23. The van der Waals surface area contributed by atoms with Crippen molar-refractivity contribution < 1.29 is 13.9 Å². The zero-order chi connectivity index (χ0) is 17.1. The smallest absolute Gasteiger partial charge is 0.190 e. The normalized spacial score (nSPS) is 10.8. The number of aromatic nitrogens is 1. The fraction of sp³-hybridized carbons (Fsp3) is 0.222. The quantitative estimate of drug-likeness (QED) is 0.605. The van der Waals surface area contributed by atoms with Crippen molar-refractivity contribution in [3.63, 3.8) is 0 Å². The van der Waals surface area contributed by atoms with Crippen LogP contribution in [0.5, 0.6) is 11.5 Å². The molecule has 1 heterocycles. The maximum atomic E-state index is 14.3. The number of aromatic amines is 1. The number of anilines is 2. The van der Waals surface area contributed by atoms with Gasteiger partial charge in [-0.3, -0.25) is 0 Å². The number of nitrogens with two attached hydrogens (primary N) is 1. The third-order valence-electron chi connectivity index (χ3n) is 4.02. The van der Waals surface area contributed by atoms with Crippen LogP contribution in [0, 0.1) is 5.82 Å². The van der Waals surface area contributed by atoms with Crippen LogP contribution in [0.15, 0.2) is 36.5 Å². The van der Waals surface area contributed by atoms with Gasteiger partial charge in [-0.2, -0.15) is 0 Å². The zero-order valence-corrected chi connectivity index (χ0v) is 13.7. The SMILES string of the molecule is COc1c(N)ccc(NCCc2c[nH]c3c(OC)cccc23)c1F. The van der Waals surface area contributed by atoms with E-state index in [9.17, 15) is 4.39 Å². The average Bonchev–Trinajstić information content (AvgIpc) is 3.00. The molecule has 3 rings (SSSR count). The van der Waals surface area contributed by atoms with E-state index >= 15 is 0 Å². The van der Waals surface area contributed by atoms with E-state index in [1.54, 1.807) is 19.2 Å². The number of para-hydroxylation sites is 1. The number of hydrogen-bond donors (Lipinski definition) is 3. The number of H-pyrrole nitrogens is 1. The van der Waals surface area contributed by atoms with Crippen LogP contribution in [-0.2, 0) is 6.42 Å². The van der Waals surface area contributed by atoms with E-state index in [-0.39, 0.29) is 11.4 Å². The Morgan fingerprint density at radius 1 is 1.17 bits per heavy atom. The van der Waals surface area contributed by atoms with Crippen LogP contribution in [0.1, 0.15) is 5.56 Å². The molecular weight excluding hydrogens is 309 g/mol. The fourth-order valence-electron chi connectivity index (χ4n) is 2.81. The number of nitrogen functional groups attached to an aromatic ring is 1. The predicted molar refractivity (Wildman–Crippen MR) is 94.4 cm³/mol. The van der Waals surface area contributed by atoms with Gasteiger partial charge in [0.1, 0.15) is 5.75 Å². The molecule has 0 radical (unpaired) electrons. The highest BCUT2D eigenvalue weighted by Crippen LogP contribution is 2.31. The van der Waals surface area contributed by atoms with Gasteiger partial charge in [0.15, 0.2) is 11.6 Å². The topological polar surface area (TPSA) is 72.3 Å². The van der Waals surface area contributed by atoms with Crippen LogP contribution < -0.4 is 20.5 Å². The number of benzene rings is 2. The molecule has 0 spiro atoms. The van der Waals surface area contributed by atoms with E-state index in [0.717, 1.165) is 28.6 Å². The lowest BCUT2D eigenvalue weighted by Crippen LogP contribution is -2.07. The molecule has 0 fully saturated rings. The lowest BCUT2D eigenvalue weighted by molar-refractivity contribution is 0.389. The maximum absolute atomic E-state index is 14.3. The number of fused-ring (bicyclic) bond motifs is 1. The highest BCUT2D eigenvalue weighted by Gasteiger charge is 2.12. The summed E-state index contributed by atoms with van der Waals surface area (Å²) >= 11 is 0. The summed E-state index contributed by atoms with van der Waals surface area (Å²) in [5.41, 5.74) is 8.45. The summed E-state index contributed by atoms with van der Waals surface area (Å²) in [6.07, 6.45) is 2.69. The molecule has 0 unspecified atom stereocenters. The van der Waals surface area contributed by atoms with Gasteiger partial charge in [0, 0.05) is 18.1 Å². The van der Waals surface area contributed by atoms with Gasteiger partial charge in [0.05, 0.1) is 31.1 Å². The molecule has 0 saturated carbocycles. The number of halogens is 1. The van der Waals surface area contributed by atoms with E-state index in [4.69, 9.17) is 15.2 Å². The van der Waals surface area contributed by atoms with Gasteiger partial charge in [-0.15, -0.1) is 0 Å². The molecule has 0 aliphatic heterocycles. The van der Waals surface area contributed by atoms with Crippen LogP contribution in [0.2, 0.25) is 0 Å². The second kappa shape index (κ2) is 6.70. The Morgan fingerprint density at radius 3 is 2.75 bits per heavy atom. The van der Waals surface area contributed by atoms with Crippen LogP contribution >= 0.6 is 0 Å². The Bertz CT molecular complexity index is 861. The van der Waals surface area contributed by atoms with Crippen molar-refractivity contribution in [3.05, 3.63) is 47.9 Å². The van der Waals surface area contributed by atoms with Crippen molar-refractivity contribution in [2.24, 2.45) is 0 Å². The molecule has 24 heavy (non-hydrogen) atoms. The van der Waals surface area contributed by atoms with Crippen LogP contribution in [0.4, 0.5) is 15.8 Å². The minimum absolute atomic E-state index is 0.0665. The monoisotopic (exact) mass is 329 g/mol. The summed E-state index contributed by atoms with van der Waals surface area (Å²) in [6.45, 7) is 0.578. The third-order valence-corrected chi connectivity index (χ3v) is 4.02. The van der Waals surface area contributed by atoms with Gasteiger partial charge in [-0.1, -0.05) is 12.1 Å². The van der Waals surface area contributed by atoms with Gasteiger partial charge < -0.3 is 25.5 Å². The first-order valence-electron chi connectivity index (χ1n) is 7.64. The molecule has 0 aliphatic rings. The van der Waals surface area contributed by atoms with Crippen molar-refractivity contribution in [3.8, 4) is 11.5 Å². The van der Waals surface area contributed by atoms with E-state index in [1.165, 1.54) is 7.11 Å². The molecule has 4 N–H and O–H groups in total. The average molecular weight is 329 g/mol. The fourth-order valence-corrected chi connectivity index (χ4v) is 2.81. The summed E-state index contributed by atoms with van der Waals surface area (Å²) in [5, 5.41) is 4.19. The lowest BCUT2D eigenvalue weighted by atomic mass is 10.1. The molecular formula is C18H20FN3O2. The molecule has 3 aromatic rings. The molecule has 0 bridgehead atoms. The Morgan fingerprint density at radius 2 is 2.00 bits per heavy atom. The Balaban J connectivity index is 1.74. The molecule has 6 heteroatoms. The molecule has 0 saturated heterocycles. The summed E-state index contributed by atoms with van der Waals surface area (Å²) < 4.78 is 24.6. The van der Waals surface area contributed by atoms with Gasteiger partial charge in [0.2, 0.25) is 0 Å². The highest BCUT2D eigenvalue weighted by atomic mass is 19.1. The Kier molecular flexibility index (Phi) is 4.46. The summed E-state index contributed by atoms with van der Waals surface area (Å²) in [5.74, 6) is 0.399. The second-order valence-corrected chi connectivity index (χ2v) is 5.42. The van der Waals surface area contributed by atoms with E-state index in [2.05, 4.69) is 10.3 Å². The summed E-state index contributed by atoms with van der Waals surface area (Å²) in [6, 6.07) is 9.15. The Hall–Kier alpha value is -2.89. The first kappa shape index (κ1) is 16.0. The van der Waals surface area contributed by atoms with Crippen molar-refractivity contribution in [1.29, 1.82) is 0 Å². The van der Waals surface area contributed by atoms with E-state index in [0.29, 0.717) is 12.2 Å².